The number of ether oxygens (including phenoxy) is 1. The van der Waals surface area contributed by atoms with E-state index in [1.165, 1.54) is 5.56 Å². The Bertz CT molecular complexity index is 627. The lowest BCUT2D eigenvalue weighted by molar-refractivity contribution is -0.129. The van der Waals surface area contributed by atoms with Crippen LogP contribution in [-0.2, 0) is 19.7 Å². The Labute approximate surface area is 149 Å². The van der Waals surface area contributed by atoms with E-state index in [0.717, 1.165) is 25.1 Å². The van der Waals surface area contributed by atoms with E-state index in [1.54, 1.807) is 4.90 Å². The van der Waals surface area contributed by atoms with Crippen LogP contribution in [0.5, 0.6) is 0 Å². The second kappa shape index (κ2) is 7.16. The molecule has 2 fully saturated rings. The number of hydrogen-bond acceptors (Lipinski definition) is 3. The molecule has 2 atom stereocenters. The molecule has 25 heavy (non-hydrogen) atoms. The van der Waals surface area contributed by atoms with Crippen molar-refractivity contribution < 1.29 is 14.3 Å². The molecule has 2 heterocycles. The lowest BCUT2D eigenvalue weighted by Crippen LogP contribution is -2.34. The number of anilines is 1. The van der Waals surface area contributed by atoms with Crippen LogP contribution in [0.15, 0.2) is 24.3 Å². The van der Waals surface area contributed by atoms with E-state index in [9.17, 15) is 9.59 Å². The zero-order valence-electron chi connectivity index (χ0n) is 15.4. The molecule has 2 amide bonds. The normalized spacial score (nSPS) is 24.0. The molecule has 0 radical (unpaired) electrons. The van der Waals surface area contributed by atoms with Gasteiger partial charge in [-0.2, -0.15) is 0 Å². The molecule has 5 nitrogen and oxygen atoms in total. The van der Waals surface area contributed by atoms with Gasteiger partial charge in [-0.05, 0) is 36.0 Å². The second-order valence-corrected chi connectivity index (χ2v) is 8.15. The number of nitrogens with zero attached hydrogens (tertiary/aromatic N) is 1. The molecule has 0 saturated carbocycles. The van der Waals surface area contributed by atoms with E-state index < -0.39 is 0 Å². The largest absolute Gasteiger partial charge is 0.376 e. The first kappa shape index (κ1) is 17.9. The molecule has 0 bridgehead atoms. The predicted molar refractivity (Wildman–Crippen MR) is 97.4 cm³/mol. The molecule has 1 aromatic rings. The Balaban J connectivity index is 1.55. The molecule has 136 valence electrons. The molecule has 0 spiro atoms. The standard InChI is InChI=1S/C20H28N2O3/c1-20(2,3)15-6-8-16(9-7-15)21-19(24)14-11-18(23)22(12-14)13-17-5-4-10-25-17/h6-9,14,17H,4-5,10-13H2,1-3H3,(H,21,24). The lowest BCUT2D eigenvalue weighted by Gasteiger charge is -2.20. The second-order valence-electron chi connectivity index (χ2n) is 8.15. The maximum atomic E-state index is 12.5. The Morgan fingerprint density at radius 2 is 2.00 bits per heavy atom. The lowest BCUT2D eigenvalue weighted by atomic mass is 9.87. The van der Waals surface area contributed by atoms with Gasteiger partial charge in [-0.25, -0.2) is 0 Å². The predicted octanol–water partition coefficient (Wildman–Crippen LogP) is 2.95. The van der Waals surface area contributed by atoms with E-state index >= 15 is 0 Å². The van der Waals surface area contributed by atoms with Gasteiger partial charge in [0.15, 0.2) is 0 Å². The number of likely N-dealkylation sites (tertiary alicyclic amines) is 1. The summed E-state index contributed by atoms with van der Waals surface area (Å²) in [4.78, 5) is 26.5. The van der Waals surface area contributed by atoms with Crippen molar-refractivity contribution in [3.8, 4) is 0 Å². The zero-order chi connectivity index (χ0) is 18.0. The average molecular weight is 344 g/mol. The third-order valence-electron chi connectivity index (χ3n) is 5.05. The van der Waals surface area contributed by atoms with E-state index in [4.69, 9.17) is 4.74 Å². The van der Waals surface area contributed by atoms with Crippen molar-refractivity contribution in [2.45, 2.75) is 51.6 Å². The molecule has 3 rings (SSSR count). The fraction of sp³-hybridized carbons (Fsp3) is 0.600. The highest BCUT2D eigenvalue weighted by Crippen LogP contribution is 2.25. The van der Waals surface area contributed by atoms with Crippen molar-refractivity contribution >= 4 is 17.5 Å². The van der Waals surface area contributed by atoms with Crippen LogP contribution in [0.1, 0.15) is 45.6 Å². The Hall–Kier alpha value is -1.88. The number of amides is 2. The van der Waals surface area contributed by atoms with Crippen LogP contribution in [-0.4, -0.2) is 42.5 Å². The summed E-state index contributed by atoms with van der Waals surface area (Å²) in [6.07, 6.45) is 2.48. The molecule has 5 heteroatoms. The smallest absolute Gasteiger partial charge is 0.229 e. The number of carbonyl (C=O) groups is 2. The van der Waals surface area contributed by atoms with Gasteiger partial charge in [0.1, 0.15) is 0 Å². The van der Waals surface area contributed by atoms with Crippen LogP contribution in [0.2, 0.25) is 0 Å². The van der Waals surface area contributed by atoms with Gasteiger partial charge >= 0.3 is 0 Å². The van der Waals surface area contributed by atoms with Crippen LogP contribution in [0.3, 0.4) is 0 Å². The minimum Gasteiger partial charge on any atom is -0.376 e. The van der Waals surface area contributed by atoms with Gasteiger partial charge in [-0.1, -0.05) is 32.9 Å². The summed E-state index contributed by atoms with van der Waals surface area (Å²) >= 11 is 0. The quantitative estimate of drug-likeness (QED) is 0.913. The SMILES string of the molecule is CC(C)(C)c1ccc(NC(=O)C2CC(=O)N(CC3CCCO3)C2)cc1. The summed E-state index contributed by atoms with van der Waals surface area (Å²) in [6, 6.07) is 7.94. The van der Waals surface area contributed by atoms with Crippen molar-refractivity contribution in [1.29, 1.82) is 0 Å². The molecular formula is C20H28N2O3. The van der Waals surface area contributed by atoms with Gasteiger partial charge in [-0.15, -0.1) is 0 Å². The minimum absolute atomic E-state index is 0.0544. The van der Waals surface area contributed by atoms with Gasteiger partial charge in [0.05, 0.1) is 12.0 Å². The molecule has 2 unspecified atom stereocenters. The summed E-state index contributed by atoms with van der Waals surface area (Å²) in [6.45, 7) is 8.36. The van der Waals surface area contributed by atoms with Crippen LogP contribution in [0.25, 0.3) is 0 Å². The Morgan fingerprint density at radius 3 is 2.60 bits per heavy atom. The van der Waals surface area contributed by atoms with Crippen molar-refractivity contribution in [3.63, 3.8) is 0 Å². The van der Waals surface area contributed by atoms with Crippen molar-refractivity contribution in [2.75, 3.05) is 25.0 Å². The number of benzene rings is 1. The highest BCUT2D eigenvalue weighted by atomic mass is 16.5. The van der Waals surface area contributed by atoms with Crippen LogP contribution in [0, 0.1) is 5.92 Å². The van der Waals surface area contributed by atoms with E-state index in [2.05, 4.69) is 26.1 Å². The number of carbonyl (C=O) groups excluding carboxylic acids is 2. The van der Waals surface area contributed by atoms with Gasteiger partial charge < -0.3 is 15.0 Å². The summed E-state index contributed by atoms with van der Waals surface area (Å²) in [7, 11) is 0. The maximum absolute atomic E-state index is 12.5. The highest BCUT2D eigenvalue weighted by molar-refractivity contribution is 5.97. The van der Waals surface area contributed by atoms with Gasteiger partial charge in [0.25, 0.3) is 0 Å². The third-order valence-corrected chi connectivity index (χ3v) is 5.05. The average Bonchev–Trinajstić information content (AvgIpc) is 3.18. The number of nitrogens with one attached hydrogen (secondary N) is 1. The summed E-state index contributed by atoms with van der Waals surface area (Å²) in [5.74, 6) is -0.304. The molecule has 2 aliphatic rings. The first-order chi connectivity index (χ1) is 11.8. The molecular weight excluding hydrogens is 316 g/mol. The van der Waals surface area contributed by atoms with Crippen LogP contribution in [0.4, 0.5) is 5.69 Å². The molecule has 2 saturated heterocycles. The van der Waals surface area contributed by atoms with Gasteiger partial charge in [0.2, 0.25) is 11.8 Å². The third kappa shape index (κ3) is 4.40. The summed E-state index contributed by atoms with van der Waals surface area (Å²) < 4.78 is 5.60. The first-order valence-electron chi connectivity index (χ1n) is 9.14. The zero-order valence-corrected chi connectivity index (χ0v) is 15.4. The monoisotopic (exact) mass is 344 g/mol. The fourth-order valence-electron chi connectivity index (χ4n) is 3.46. The highest BCUT2D eigenvalue weighted by Gasteiger charge is 2.36. The minimum atomic E-state index is -0.281. The van der Waals surface area contributed by atoms with Gasteiger partial charge in [0, 0.05) is 31.8 Å². The summed E-state index contributed by atoms with van der Waals surface area (Å²) in [5.41, 5.74) is 2.09. The van der Waals surface area contributed by atoms with E-state index in [-0.39, 0.29) is 29.3 Å². The van der Waals surface area contributed by atoms with Crippen molar-refractivity contribution in [1.82, 2.24) is 4.90 Å². The van der Waals surface area contributed by atoms with Crippen LogP contribution >= 0.6 is 0 Å². The van der Waals surface area contributed by atoms with E-state index in [1.807, 2.05) is 24.3 Å². The Morgan fingerprint density at radius 1 is 1.28 bits per heavy atom. The Kier molecular flexibility index (Phi) is 5.13. The molecule has 2 aliphatic heterocycles. The van der Waals surface area contributed by atoms with E-state index in [0.29, 0.717) is 19.5 Å². The van der Waals surface area contributed by atoms with Gasteiger partial charge in [-0.3, -0.25) is 9.59 Å². The molecule has 1 N–H and O–H groups in total. The molecule has 0 aliphatic carbocycles. The summed E-state index contributed by atoms with van der Waals surface area (Å²) in [5, 5.41) is 2.95. The van der Waals surface area contributed by atoms with Crippen LogP contribution < -0.4 is 5.32 Å². The topological polar surface area (TPSA) is 58.6 Å². The van der Waals surface area contributed by atoms with Crippen molar-refractivity contribution in [2.24, 2.45) is 5.92 Å². The molecule has 1 aromatic carbocycles. The molecule has 0 aromatic heterocycles. The first-order valence-corrected chi connectivity index (χ1v) is 9.14. The number of hydrogen-bond donors (Lipinski definition) is 1. The van der Waals surface area contributed by atoms with Crippen molar-refractivity contribution in [3.05, 3.63) is 29.8 Å². The fourth-order valence-corrected chi connectivity index (χ4v) is 3.46. The number of rotatable bonds is 4. The maximum Gasteiger partial charge on any atom is 0.229 e.